The van der Waals surface area contributed by atoms with E-state index in [0.717, 1.165) is 30.5 Å². The fourth-order valence-electron chi connectivity index (χ4n) is 3.41. The van der Waals surface area contributed by atoms with Crippen LogP contribution in [-0.2, 0) is 12.8 Å². The maximum atomic E-state index is 12.7. The molecule has 0 bridgehead atoms. The van der Waals surface area contributed by atoms with E-state index in [2.05, 4.69) is 15.3 Å². The van der Waals surface area contributed by atoms with Crippen LogP contribution in [0.15, 0.2) is 0 Å². The van der Waals surface area contributed by atoms with Gasteiger partial charge in [0.1, 0.15) is 5.69 Å². The lowest BCUT2D eigenvalue weighted by Crippen LogP contribution is -2.40. The standard InChI is InChI=1S/C15H17ClF3N3O/c16-14-21-11-3-1-2-10(11)12(22-14)13(23)20-9-6-4-8(5-7-9)15(17,18)19/h8-9H,1-7H2,(H,20,23). The summed E-state index contributed by atoms with van der Waals surface area (Å²) in [6.07, 6.45) is -0.968. The van der Waals surface area contributed by atoms with Crippen molar-refractivity contribution >= 4 is 17.5 Å². The number of halogens is 4. The topological polar surface area (TPSA) is 54.9 Å². The fraction of sp³-hybridized carbons (Fsp3) is 0.667. The SMILES string of the molecule is O=C(NC1CCC(C(F)(F)F)CC1)c1nc(Cl)nc2c1CCC2. The zero-order chi connectivity index (χ0) is 16.6. The van der Waals surface area contributed by atoms with E-state index >= 15 is 0 Å². The Morgan fingerprint density at radius 2 is 1.83 bits per heavy atom. The van der Waals surface area contributed by atoms with Crippen molar-refractivity contribution in [1.29, 1.82) is 0 Å². The molecule has 1 saturated carbocycles. The molecule has 0 spiro atoms. The van der Waals surface area contributed by atoms with Gasteiger partial charge in [-0.1, -0.05) is 0 Å². The summed E-state index contributed by atoms with van der Waals surface area (Å²) in [5.74, 6) is -1.61. The van der Waals surface area contributed by atoms with E-state index in [-0.39, 0.29) is 35.8 Å². The summed E-state index contributed by atoms with van der Waals surface area (Å²) in [5, 5.41) is 2.85. The number of aryl methyl sites for hydroxylation is 1. The van der Waals surface area contributed by atoms with E-state index in [1.165, 1.54) is 0 Å². The van der Waals surface area contributed by atoms with Crippen molar-refractivity contribution in [2.75, 3.05) is 0 Å². The normalized spacial score (nSPS) is 24.3. The van der Waals surface area contributed by atoms with Crippen molar-refractivity contribution in [3.63, 3.8) is 0 Å². The van der Waals surface area contributed by atoms with Gasteiger partial charge in [-0.2, -0.15) is 13.2 Å². The Balaban J connectivity index is 1.65. The first-order valence-corrected chi connectivity index (χ1v) is 8.15. The van der Waals surface area contributed by atoms with Gasteiger partial charge in [0.15, 0.2) is 0 Å². The molecule has 2 aliphatic carbocycles. The molecule has 1 heterocycles. The lowest BCUT2D eigenvalue weighted by Gasteiger charge is -2.30. The predicted octanol–water partition coefficient (Wildman–Crippen LogP) is 3.47. The molecule has 8 heteroatoms. The number of alkyl halides is 3. The molecule has 3 rings (SSSR count). The molecule has 4 nitrogen and oxygen atoms in total. The highest BCUT2D eigenvalue weighted by molar-refractivity contribution is 6.28. The number of hydrogen-bond donors (Lipinski definition) is 1. The molecule has 1 aromatic heterocycles. The number of rotatable bonds is 2. The van der Waals surface area contributed by atoms with Crippen LogP contribution in [-0.4, -0.2) is 28.1 Å². The van der Waals surface area contributed by atoms with Gasteiger partial charge < -0.3 is 5.32 Å². The zero-order valence-corrected chi connectivity index (χ0v) is 13.2. The molecular formula is C15H17ClF3N3O. The Labute approximate surface area is 136 Å². The first kappa shape index (κ1) is 16.5. The Hall–Kier alpha value is -1.37. The second kappa shape index (κ2) is 6.26. The third-order valence-electron chi connectivity index (χ3n) is 4.65. The smallest absolute Gasteiger partial charge is 0.348 e. The maximum Gasteiger partial charge on any atom is 0.391 e. The van der Waals surface area contributed by atoms with E-state index in [0.29, 0.717) is 12.8 Å². The number of carbonyl (C=O) groups excluding carboxylic acids is 1. The molecule has 1 N–H and O–H groups in total. The van der Waals surface area contributed by atoms with Gasteiger partial charge in [0, 0.05) is 17.3 Å². The van der Waals surface area contributed by atoms with Crippen LogP contribution in [0.1, 0.15) is 53.8 Å². The highest BCUT2D eigenvalue weighted by Gasteiger charge is 2.41. The number of hydrogen-bond acceptors (Lipinski definition) is 3. The van der Waals surface area contributed by atoms with Crippen LogP contribution in [0.25, 0.3) is 0 Å². The number of carbonyl (C=O) groups is 1. The highest BCUT2D eigenvalue weighted by Crippen LogP contribution is 2.37. The monoisotopic (exact) mass is 347 g/mol. The minimum absolute atomic E-state index is 0.0385. The van der Waals surface area contributed by atoms with E-state index in [4.69, 9.17) is 11.6 Å². The second-order valence-electron chi connectivity index (χ2n) is 6.18. The summed E-state index contributed by atoms with van der Waals surface area (Å²) < 4.78 is 38.0. The molecule has 126 valence electrons. The summed E-state index contributed by atoms with van der Waals surface area (Å²) in [4.78, 5) is 20.6. The molecule has 0 aliphatic heterocycles. The van der Waals surface area contributed by atoms with Crippen LogP contribution >= 0.6 is 11.6 Å². The Morgan fingerprint density at radius 3 is 2.48 bits per heavy atom. The molecule has 23 heavy (non-hydrogen) atoms. The summed E-state index contributed by atoms with van der Waals surface area (Å²) in [7, 11) is 0. The number of nitrogens with zero attached hydrogens (tertiary/aromatic N) is 2. The average molecular weight is 348 g/mol. The number of aromatic nitrogens is 2. The van der Waals surface area contributed by atoms with Crippen LogP contribution in [0.4, 0.5) is 13.2 Å². The summed E-state index contributed by atoms with van der Waals surface area (Å²) >= 11 is 5.86. The Bertz CT molecular complexity index is 613. The zero-order valence-electron chi connectivity index (χ0n) is 12.4. The van der Waals surface area contributed by atoms with Gasteiger partial charge in [0.05, 0.1) is 5.92 Å². The predicted molar refractivity (Wildman–Crippen MR) is 78.3 cm³/mol. The summed E-state index contributed by atoms with van der Waals surface area (Å²) in [5.41, 5.74) is 1.89. The van der Waals surface area contributed by atoms with Gasteiger partial charge in [-0.05, 0) is 56.5 Å². The van der Waals surface area contributed by atoms with Crippen molar-refractivity contribution in [1.82, 2.24) is 15.3 Å². The van der Waals surface area contributed by atoms with Gasteiger partial charge in [0.25, 0.3) is 5.91 Å². The van der Waals surface area contributed by atoms with E-state index < -0.39 is 12.1 Å². The lowest BCUT2D eigenvalue weighted by molar-refractivity contribution is -0.182. The van der Waals surface area contributed by atoms with Crippen LogP contribution in [0.2, 0.25) is 5.28 Å². The fourth-order valence-corrected chi connectivity index (χ4v) is 3.60. The van der Waals surface area contributed by atoms with Gasteiger partial charge in [0.2, 0.25) is 5.28 Å². The number of nitrogens with one attached hydrogen (secondary N) is 1. The van der Waals surface area contributed by atoms with Crippen molar-refractivity contribution in [2.45, 2.75) is 57.2 Å². The van der Waals surface area contributed by atoms with Crippen molar-refractivity contribution in [3.05, 3.63) is 22.2 Å². The molecule has 1 aromatic rings. The van der Waals surface area contributed by atoms with Crippen LogP contribution in [0.5, 0.6) is 0 Å². The van der Waals surface area contributed by atoms with E-state index in [1.54, 1.807) is 0 Å². The number of fused-ring (bicyclic) bond motifs is 1. The molecule has 0 aromatic carbocycles. The highest BCUT2D eigenvalue weighted by atomic mass is 35.5. The van der Waals surface area contributed by atoms with Crippen molar-refractivity contribution in [3.8, 4) is 0 Å². The molecule has 0 saturated heterocycles. The van der Waals surface area contributed by atoms with Crippen LogP contribution < -0.4 is 5.32 Å². The molecule has 2 aliphatic rings. The molecule has 0 unspecified atom stereocenters. The first-order valence-electron chi connectivity index (χ1n) is 7.77. The number of amides is 1. The van der Waals surface area contributed by atoms with E-state index in [1.807, 2.05) is 0 Å². The van der Waals surface area contributed by atoms with Crippen molar-refractivity contribution in [2.24, 2.45) is 5.92 Å². The van der Waals surface area contributed by atoms with Crippen molar-refractivity contribution < 1.29 is 18.0 Å². The lowest BCUT2D eigenvalue weighted by atomic mass is 9.85. The quantitative estimate of drug-likeness (QED) is 0.833. The Morgan fingerprint density at radius 1 is 1.13 bits per heavy atom. The van der Waals surface area contributed by atoms with Crippen LogP contribution in [0.3, 0.4) is 0 Å². The molecule has 0 radical (unpaired) electrons. The molecular weight excluding hydrogens is 331 g/mol. The summed E-state index contributed by atoms with van der Waals surface area (Å²) in [6.45, 7) is 0. The van der Waals surface area contributed by atoms with Gasteiger partial charge in [-0.3, -0.25) is 4.79 Å². The first-order chi connectivity index (χ1) is 10.8. The second-order valence-corrected chi connectivity index (χ2v) is 6.52. The summed E-state index contributed by atoms with van der Waals surface area (Å²) in [6, 6.07) is -0.244. The minimum atomic E-state index is -4.14. The minimum Gasteiger partial charge on any atom is -0.348 e. The van der Waals surface area contributed by atoms with Gasteiger partial charge >= 0.3 is 6.18 Å². The van der Waals surface area contributed by atoms with Crippen LogP contribution in [0, 0.1) is 5.92 Å². The largest absolute Gasteiger partial charge is 0.391 e. The maximum absolute atomic E-state index is 12.7. The third-order valence-corrected chi connectivity index (χ3v) is 4.82. The molecule has 1 amide bonds. The Kier molecular flexibility index (Phi) is 4.49. The third kappa shape index (κ3) is 3.59. The van der Waals surface area contributed by atoms with Gasteiger partial charge in [-0.15, -0.1) is 0 Å². The van der Waals surface area contributed by atoms with Gasteiger partial charge in [-0.25, -0.2) is 9.97 Å². The molecule has 1 fully saturated rings. The van der Waals surface area contributed by atoms with E-state index in [9.17, 15) is 18.0 Å². The average Bonchev–Trinajstić information content (AvgIpc) is 2.94. The molecule has 0 atom stereocenters.